The summed E-state index contributed by atoms with van der Waals surface area (Å²) in [4.78, 5) is 11.2. The minimum absolute atomic E-state index is 0.357. The maximum atomic E-state index is 11.2. The van der Waals surface area contributed by atoms with Gasteiger partial charge in [-0.25, -0.2) is 4.79 Å². The van der Waals surface area contributed by atoms with Gasteiger partial charge in [-0.15, -0.1) is 6.42 Å². The van der Waals surface area contributed by atoms with Crippen molar-refractivity contribution in [1.82, 2.24) is 10.6 Å². The Balaban J connectivity index is 3.32. The molecule has 4 nitrogen and oxygen atoms in total. The van der Waals surface area contributed by atoms with Gasteiger partial charge in [-0.05, 0) is 40.2 Å². The lowest BCUT2D eigenvalue weighted by atomic mass is 10.2. The van der Waals surface area contributed by atoms with Crippen molar-refractivity contribution in [2.75, 3.05) is 19.6 Å². The second-order valence-corrected chi connectivity index (χ2v) is 4.52. The lowest BCUT2D eigenvalue weighted by Crippen LogP contribution is -2.33. The molecule has 0 aromatic heterocycles. The van der Waals surface area contributed by atoms with Crippen LogP contribution in [0.3, 0.4) is 0 Å². The van der Waals surface area contributed by atoms with Gasteiger partial charge in [0.1, 0.15) is 5.60 Å². The molecule has 0 aliphatic carbocycles. The fraction of sp³-hybridized carbons (Fsp3) is 0.750. The number of carbonyl (C=O) groups is 1. The van der Waals surface area contributed by atoms with Crippen molar-refractivity contribution in [3.8, 4) is 12.3 Å². The van der Waals surface area contributed by atoms with Crippen LogP contribution >= 0.6 is 0 Å². The average molecular weight is 226 g/mol. The number of ether oxygens (including phenoxy) is 1. The van der Waals surface area contributed by atoms with Crippen LogP contribution in [0.15, 0.2) is 0 Å². The number of unbranched alkanes of at least 4 members (excludes halogenated alkanes) is 1. The molecule has 0 atom stereocenters. The molecule has 0 fully saturated rings. The van der Waals surface area contributed by atoms with Gasteiger partial charge in [0.15, 0.2) is 0 Å². The molecule has 0 aromatic carbocycles. The SMILES string of the molecule is C#CCNCCCCNC(=O)OC(C)(C)C. The van der Waals surface area contributed by atoms with Crippen LogP contribution in [0.4, 0.5) is 4.79 Å². The fourth-order valence-electron chi connectivity index (χ4n) is 1.04. The van der Waals surface area contributed by atoms with E-state index in [4.69, 9.17) is 11.2 Å². The van der Waals surface area contributed by atoms with Crippen LogP contribution in [0.2, 0.25) is 0 Å². The summed E-state index contributed by atoms with van der Waals surface area (Å²) in [5, 5.41) is 5.78. The number of alkyl carbamates (subject to hydrolysis) is 1. The van der Waals surface area contributed by atoms with E-state index < -0.39 is 5.60 Å². The first-order chi connectivity index (χ1) is 7.45. The third kappa shape index (κ3) is 10.9. The Kier molecular flexibility index (Phi) is 7.40. The molecule has 0 radical (unpaired) electrons. The van der Waals surface area contributed by atoms with Gasteiger partial charge in [-0.1, -0.05) is 5.92 Å². The van der Waals surface area contributed by atoms with E-state index in [1.807, 2.05) is 20.8 Å². The molecule has 0 spiro atoms. The molecule has 4 heteroatoms. The molecule has 0 saturated heterocycles. The highest BCUT2D eigenvalue weighted by atomic mass is 16.6. The van der Waals surface area contributed by atoms with Crippen molar-refractivity contribution < 1.29 is 9.53 Å². The van der Waals surface area contributed by atoms with Crippen molar-refractivity contribution in [3.63, 3.8) is 0 Å². The van der Waals surface area contributed by atoms with Crippen LogP contribution in [0.5, 0.6) is 0 Å². The fourth-order valence-corrected chi connectivity index (χ4v) is 1.04. The largest absolute Gasteiger partial charge is 0.444 e. The molecule has 0 heterocycles. The van der Waals surface area contributed by atoms with E-state index in [2.05, 4.69) is 16.6 Å². The summed E-state index contributed by atoms with van der Waals surface area (Å²) in [5.74, 6) is 2.50. The number of amides is 1. The smallest absolute Gasteiger partial charge is 0.407 e. The molecule has 0 unspecified atom stereocenters. The second-order valence-electron chi connectivity index (χ2n) is 4.52. The number of rotatable bonds is 6. The Morgan fingerprint density at radius 1 is 1.31 bits per heavy atom. The van der Waals surface area contributed by atoms with Gasteiger partial charge >= 0.3 is 6.09 Å². The maximum absolute atomic E-state index is 11.2. The predicted octanol–water partition coefficient (Wildman–Crippen LogP) is 1.51. The topological polar surface area (TPSA) is 50.4 Å². The van der Waals surface area contributed by atoms with Crippen LogP contribution in [-0.2, 0) is 4.74 Å². The standard InChI is InChI=1S/C12H22N2O2/c1-5-8-13-9-6-7-10-14-11(15)16-12(2,3)4/h1,13H,6-10H2,2-4H3,(H,14,15). The third-order valence-corrected chi connectivity index (χ3v) is 1.68. The van der Waals surface area contributed by atoms with E-state index in [0.717, 1.165) is 19.4 Å². The van der Waals surface area contributed by atoms with Gasteiger partial charge in [0.05, 0.1) is 6.54 Å². The van der Waals surface area contributed by atoms with E-state index in [-0.39, 0.29) is 6.09 Å². The summed E-state index contributed by atoms with van der Waals surface area (Å²) < 4.78 is 5.09. The normalized spacial score (nSPS) is 10.6. The van der Waals surface area contributed by atoms with Crippen LogP contribution in [0, 0.1) is 12.3 Å². The number of carbonyl (C=O) groups excluding carboxylic acids is 1. The minimum atomic E-state index is -0.432. The van der Waals surface area contributed by atoms with Gasteiger partial charge in [0.25, 0.3) is 0 Å². The second kappa shape index (κ2) is 8.00. The van der Waals surface area contributed by atoms with Gasteiger partial charge < -0.3 is 15.4 Å². The Bertz CT molecular complexity index is 238. The number of hydrogen-bond donors (Lipinski definition) is 2. The van der Waals surface area contributed by atoms with E-state index in [1.165, 1.54) is 0 Å². The van der Waals surface area contributed by atoms with E-state index in [0.29, 0.717) is 13.1 Å². The van der Waals surface area contributed by atoms with E-state index in [9.17, 15) is 4.79 Å². The Morgan fingerprint density at radius 2 is 1.94 bits per heavy atom. The Hall–Kier alpha value is -1.21. The molecular formula is C12H22N2O2. The van der Waals surface area contributed by atoms with Gasteiger partial charge in [0.2, 0.25) is 0 Å². The average Bonchev–Trinajstić information content (AvgIpc) is 2.13. The summed E-state index contributed by atoms with van der Waals surface area (Å²) in [5.41, 5.74) is -0.432. The quantitative estimate of drug-likeness (QED) is 0.533. The number of nitrogens with one attached hydrogen (secondary N) is 2. The molecule has 0 saturated carbocycles. The van der Waals surface area contributed by atoms with Crippen LogP contribution in [0.1, 0.15) is 33.6 Å². The first-order valence-electron chi connectivity index (χ1n) is 5.57. The zero-order valence-electron chi connectivity index (χ0n) is 10.4. The van der Waals surface area contributed by atoms with Gasteiger partial charge in [0, 0.05) is 6.54 Å². The molecule has 0 bridgehead atoms. The van der Waals surface area contributed by atoms with Gasteiger partial charge in [-0.2, -0.15) is 0 Å². The highest BCUT2D eigenvalue weighted by Crippen LogP contribution is 2.06. The third-order valence-electron chi connectivity index (χ3n) is 1.68. The lowest BCUT2D eigenvalue weighted by Gasteiger charge is -2.19. The molecule has 1 amide bonds. The molecule has 2 N–H and O–H groups in total. The van der Waals surface area contributed by atoms with Crippen molar-refractivity contribution in [1.29, 1.82) is 0 Å². The Labute approximate surface area is 98.1 Å². The van der Waals surface area contributed by atoms with Crippen molar-refractivity contribution in [2.45, 2.75) is 39.2 Å². The molecule has 16 heavy (non-hydrogen) atoms. The summed E-state index contributed by atoms with van der Waals surface area (Å²) in [7, 11) is 0. The van der Waals surface area contributed by atoms with Crippen LogP contribution in [0.25, 0.3) is 0 Å². The van der Waals surface area contributed by atoms with Gasteiger partial charge in [-0.3, -0.25) is 0 Å². The highest BCUT2D eigenvalue weighted by Gasteiger charge is 2.15. The monoisotopic (exact) mass is 226 g/mol. The highest BCUT2D eigenvalue weighted by molar-refractivity contribution is 5.67. The first kappa shape index (κ1) is 14.8. The van der Waals surface area contributed by atoms with Crippen LogP contribution in [-0.4, -0.2) is 31.3 Å². The number of terminal acetylenes is 1. The molecule has 0 aromatic rings. The zero-order chi connectivity index (χ0) is 12.4. The first-order valence-corrected chi connectivity index (χ1v) is 5.57. The van der Waals surface area contributed by atoms with Crippen molar-refractivity contribution >= 4 is 6.09 Å². The molecule has 0 rings (SSSR count). The predicted molar refractivity (Wildman–Crippen MR) is 65.2 cm³/mol. The van der Waals surface area contributed by atoms with E-state index in [1.54, 1.807) is 0 Å². The van der Waals surface area contributed by atoms with Crippen LogP contribution < -0.4 is 10.6 Å². The summed E-state index contributed by atoms with van der Waals surface area (Å²) in [6.45, 7) is 7.63. The van der Waals surface area contributed by atoms with E-state index >= 15 is 0 Å². The summed E-state index contributed by atoms with van der Waals surface area (Å²) in [6.07, 6.45) is 6.62. The molecular weight excluding hydrogens is 204 g/mol. The molecule has 0 aliphatic heterocycles. The minimum Gasteiger partial charge on any atom is -0.444 e. The summed E-state index contributed by atoms with van der Waals surface area (Å²) in [6, 6.07) is 0. The summed E-state index contributed by atoms with van der Waals surface area (Å²) >= 11 is 0. The lowest BCUT2D eigenvalue weighted by molar-refractivity contribution is 0.0527. The van der Waals surface area contributed by atoms with Crippen molar-refractivity contribution in [2.24, 2.45) is 0 Å². The molecule has 92 valence electrons. The van der Waals surface area contributed by atoms with Crippen molar-refractivity contribution in [3.05, 3.63) is 0 Å². The number of hydrogen-bond acceptors (Lipinski definition) is 3. The Morgan fingerprint density at radius 3 is 2.50 bits per heavy atom. The zero-order valence-corrected chi connectivity index (χ0v) is 10.4. The maximum Gasteiger partial charge on any atom is 0.407 e. The molecule has 0 aliphatic rings.